The maximum absolute atomic E-state index is 12.9. The standard InChI is InChI=1S/C16H17FN2O2/c1-11(10-13-6-8-14(17)9-7-13)18-15-4-3-5-16(12(15)2)19(20)21/h3-9,11,18H,10H2,1-2H3. The van der Waals surface area contributed by atoms with Gasteiger partial charge >= 0.3 is 0 Å². The summed E-state index contributed by atoms with van der Waals surface area (Å²) < 4.78 is 12.9. The summed E-state index contributed by atoms with van der Waals surface area (Å²) >= 11 is 0. The average Bonchev–Trinajstić information content (AvgIpc) is 2.43. The van der Waals surface area contributed by atoms with Gasteiger partial charge in [0.25, 0.3) is 5.69 Å². The lowest BCUT2D eigenvalue weighted by Gasteiger charge is -2.17. The van der Waals surface area contributed by atoms with E-state index in [1.165, 1.54) is 18.2 Å². The molecule has 2 rings (SSSR count). The van der Waals surface area contributed by atoms with Gasteiger partial charge in [0.05, 0.1) is 4.92 Å². The second-order valence-electron chi connectivity index (χ2n) is 5.08. The Hall–Kier alpha value is -2.43. The molecule has 110 valence electrons. The minimum atomic E-state index is -0.384. The Morgan fingerprint density at radius 3 is 2.52 bits per heavy atom. The number of nitro benzene ring substituents is 1. The predicted molar refractivity (Wildman–Crippen MR) is 81.0 cm³/mol. The summed E-state index contributed by atoms with van der Waals surface area (Å²) in [6.07, 6.45) is 0.711. The van der Waals surface area contributed by atoms with E-state index in [0.29, 0.717) is 12.0 Å². The summed E-state index contributed by atoms with van der Waals surface area (Å²) in [7, 11) is 0. The summed E-state index contributed by atoms with van der Waals surface area (Å²) in [6, 6.07) is 11.4. The molecule has 21 heavy (non-hydrogen) atoms. The molecule has 0 aliphatic heterocycles. The molecule has 0 aromatic heterocycles. The molecule has 2 aromatic rings. The lowest BCUT2D eigenvalue weighted by Crippen LogP contribution is -2.18. The Balaban J connectivity index is 2.09. The molecule has 0 amide bonds. The number of nitrogens with zero attached hydrogens (tertiary/aromatic N) is 1. The molecular formula is C16H17FN2O2. The lowest BCUT2D eigenvalue weighted by atomic mass is 10.1. The highest BCUT2D eigenvalue weighted by atomic mass is 19.1. The SMILES string of the molecule is Cc1c(NC(C)Cc2ccc(F)cc2)cccc1[N+](=O)[O-]. The first-order valence-electron chi connectivity index (χ1n) is 6.72. The van der Waals surface area contributed by atoms with E-state index in [1.54, 1.807) is 25.1 Å². The summed E-state index contributed by atoms with van der Waals surface area (Å²) in [5, 5.41) is 14.2. The Morgan fingerprint density at radius 2 is 1.90 bits per heavy atom. The van der Waals surface area contributed by atoms with Crippen molar-refractivity contribution >= 4 is 11.4 Å². The summed E-state index contributed by atoms with van der Waals surface area (Å²) in [5.41, 5.74) is 2.49. The van der Waals surface area contributed by atoms with Crippen LogP contribution in [-0.4, -0.2) is 11.0 Å². The van der Waals surface area contributed by atoms with Gasteiger partial charge in [0.15, 0.2) is 0 Å². The fraction of sp³-hybridized carbons (Fsp3) is 0.250. The van der Waals surface area contributed by atoms with Crippen LogP contribution in [0.25, 0.3) is 0 Å². The maximum atomic E-state index is 12.9. The van der Waals surface area contributed by atoms with E-state index < -0.39 is 0 Å². The topological polar surface area (TPSA) is 55.2 Å². The Bertz CT molecular complexity index is 641. The number of rotatable bonds is 5. The van der Waals surface area contributed by atoms with Gasteiger partial charge in [-0.15, -0.1) is 0 Å². The van der Waals surface area contributed by atoms with E-state index in [4.69, 9.17) is 0 Å². The van der Waals surface area contributed by atoms with Gasteiger partial charge in [-0.2, -0.15) is 0 Å². The molecule has 0 heterocycles. The molecule has 0 bridgehead atoms. The van der Waals surface area contributed by atoms with Gasteiger partial charge in [-0.25, -0.2) is 4.39 Å². The zero-order valence-corrected chi connectivity index (χ0v) is 12.0. The van der Waals surface area contributed by atoms with Crippen molar-refractivity contribution < 1.29 is 9.31 Å². The largest absolute Gasteiger partial charge is 0.382 e. The molecule has 0 fully saturated rings. The molecule has 2 aromatic carbocycles. The Kier molecular flexibility index (Phi) is 4.52. The molecule has 0 saturated carbocycles. The number of nitro groups is 1. The predicted octanol–water partition coefficient (Wildman–Crippen LogP) is 4.09. The Morgan fingerprint density at radius 1 is 1.24 bits per heavy atom. The van der Waals surface area contributed by atoms with Crippen molar-refractivity contribution in [3.05, 3.63) is 69.5 Å². The third-order valence-electron chi connectivity index (χ3n) is 3.36. The molecule has 0 aliphatic rings. The minimum Gasteiger partial charge on any atom is -0.382 e. The van der Waals surface area contributed by atoms with Crippen molar-refractivity contribution in [3.8, 4) is 0 Å². The van der Waals surface area contributed by atoms with Crippen LogP contribution in [0.5, 0.6) is 0 Å². The average molecular weight is 288 g/mol. The van der Waals surface area contributed by atoms with E-state index in [0.717, 1.165) is 11.3 Å². The lowest BCUT2D eigenvalue weighted by molar-refractivity contribution is -0.385. The number of anilines is 1. The summed E-state index contributed by atoms with van der Waals surface area (Å²) in [6.45, 7) is 3.71. The van der Waals surface area contributed by atoms with Crippen LogP contribution in [0.15, 0.2) is 42.5 Å². The smallest absolute Gasteiger partial charge is 0.274 e. The Labute approximate surface area is 122 Å². The van der Waals surface area contributed by atoms with Crippen molar-refractivity contribution in [2.45, 2.75) is 26.3 Å². The first-order chi connectivity index (χ1) is 9.97. The number of hydrogen-bond donors (Lipinski definition) is 1. The van der Waals surface area contributed by atoms with Crippen LogP contribution in [-0.2, 0) is 6.42 Å². The van der Waals surface area contributed by atoms with Crippen LogP contribution < -0.4 is 5.32 Å². The molecular weight excluding hydrogens is 271 g/mol. The van der Waals surface area contributed by atoms with E-state index >= 15 is 0 Å². The molecule has 1 atom stereocenters. The summed E-state index contributed by atoms with van der Waals surface area (Å²) in [5.74, 6) is -0.256. The van der Waals surface area contributed by atoms with E-state index in [2.05, 4.69) is 5.32 Å². The molecule has 4 nitrogen and oxygen atoms in total. The zero-order chi connectivity index (χ0) is 15.4. The highest BCUT2D eigenvalue weighted by molar-refractivity contribution is 5.60. The highest BCUT2D eigenvalue weighted by Crippen LogP contribution is 2.25. The van der Waals surface area contributed by atoms with Crippen molar-refractivity contribution in [1.29, 1.82) is 0 Å². The molecule has 1 unspecified atom stereocenters. The molecule has 0 aliphatic carbocycles. The van der Waals surface area contributed by atoms with Crippen LogP contribution in [0, 0.1) is 22.9 Å². The first-order valence-corrected chi connectivity index (χ1v) is 6.72. The quantitative estimate of drug-likeness (QED) is 0.666. The molecule has 5 heteroatoms. The van der Waals surface area contributed by atoms with Gasteiger partial charge in [0, 0.05) is 23.4 Å². The second kappa shape index (κ2) is 6.35. The van der Waals surface area contributed by atoms with Crippen LogP contribution >= 0.6 is 0 Å². The van der Waals surface area contributed by atoms with Crippen molar-refractivity contribution in [2.24, 2.45) is 0 Å². The van der Waals surface area contributed by atoms with Crippen molar-refractivity contribution in [2.75, 3.05) is 5.32 Å². The fourth-order valence-electron chi connectivity index (χ4n) is 2.27. The van der Waals surface area contributed by atoms with Gasteiger partial charge in [0.2, 0.25) is 0 Å². The van der Waals surface area contributed by atoms with E-state index in [9.17, 15) is 14.5 Å². The molecule has 0 radical (unpaired) electrons. The second-order valence-corrected chi connectivity index (χ2v) is 5.08. The molecule has 0 spiro atoms. The van der Waals surface area contributed by atoms with Crippen LogP contribution in [0.1, 0.15) is 18.1 Å². The fourth-order valence-corrected chi connectivity index (χ4v) is 2.27. The number of halogens is 1. The summed E-state index contributed by atoms with van der Waals surface area (Å²) in [4.78, 5) is 10.5. The normalized spacial score (nSPS) is 12.0. The first kappa shape index (κ1) is 15.0. The minimum absolute atomic E-state index is 0.0798. The zero-order valence-electron chi connectivity index (χ0n) is 12.0. The molecule has 0 saturated heterocycles. The number of hydrogen-bond acceptors (Lipinski definition) is 3. The van der Waals surface area contributed by atoms with E-state index in [-0.39, 0.29) is 22.5 Å². The maximum Gasteiger partial charge on any atom is 0.274 e. The van der Waals surface area contributed by atoms with Gasteiger partial charge in [0.1, 0.15) is 5.82 Å². The van der Waals surface area contributed by atoms with Crippen LogP contribution in [0.4, 0.5) is 15.8 Å². The third kappa shape index (κ3) is 3.78. The number of nitrogens with one attached hydrogen (secondary N) is 1. The van der Waals surface area contributed by atoms with Crippen LogP contribution in [0.3, 0.4) is 0 Å². The third-order valence-corrected chi connectivity index (χ3v) is 3.36. The monoisotopic (exact) mass is 288 g/mol. The highest BCUT2D eigenvalue weighted by Gasteiger charge is 2.14. The van der Waals surface area contributed by atoms with Gasteiger partial charge < -0.3 is 5.32 Å². The van der Waals surface area contributed by atoms with Gasteiger partial charge in [-0.3, -0.25) is 10.1 Å². The van der Waals surface area contributed by atoms with Crippen molar-refractivity contribution in [1.82, 2.24) is 0 Å². The van der Waals surface area contributed by atoms with Crippen molar-refractivity contribution in [3.63, 3.8) is 0 Å². The van der Waals surface area contributed by atoms with Gasteiger partial charge in [-0.05, 0) is 44.0 Å². The van der Waals surface area contributed by atoms with Gasteiger partial charge in [-0.1, -0.05) is 18.2 Å². The number of benzene rings is 2. The van der Waals surface area contributed by atoms with Crippen LogP contribution in [0.2, 0.25) is 0 Å². The van der Waals surface area contributed by atoms with E-state index in [1.807, 2.05) is 13.0 Å². The molecule has 1 N–H and O–H groups in total.